The molecular weight excluding hydrogens is 402 g/mol. The lowest BCUT2D eigenvalue weighted by atomic mass is 10.1. The molecule has 0 aliphatic carbocycles. The summed E-state index contributed by atoms with van der Waals surface area (Å²) < 4.78 is 12.1. The van der Waals surface area contributed by atoms with Crippen molar-refractivity contribution in [2.45, 2.75) is 6.10 Å². The molecule has 8 heteroatoms. The van der Waals surface area contributed by atoms with Crippen LogP contribution in [-0.2, 0) is 0 Å². The van der Waals surface area contributed by atoms with Crippen molar-refractivity contribution in [3.05, 3.63) is 52.3 Å². The predicted octanol–water partition coefficient (Wildman–Crippen LogP) is 3.64. The van der Waals surface area contributed by atoms with E-state index in [-0.39, 0.29) is 11.3 Å². The lowest BCUT2D eigenvalue weighted by Crippen LogP contribution is -2.18. The fourth-order valence-corrected chi connectivity index (χ4v) is 3.57. The predicted molar refractivity (Wildman–Crippen MR) is 99.1 cm³/mol. The number of carboxylic acid groups (broad SMARTS) is 1. The number of rotatable bonds is 3. The summed E-state index contributed by atoms with van der Waals surface area (Å²) in [5, 5.41) is 13.5. The first-order valence-electron chi connectivity index (χ1n) is 7.85. The molecule has 0 bridgehead atoms. The Balaban J connectivity index is 1.97. The van der Waals surface area contributed by atoms with Crippen LogP contribution in [0.2, 0.25) is 0 Å². The molecule has 1 unspecified atom stereocenters. The van der Waals surface area contributed by atoms with Crippen LogP contribution in [0.4, 0.5) is 5.69 Å². The summed E-state index contributed by atoms with van der Waals surface area (Å²) in [7, 11) is 1.53. The van der Waals surface area contributed by atoms with Crippen LogP contribution in [0.25, 0.3) is 10.9 Å². The van der Waals surface area contributed by atoms with E-state index in [0.29, 0.717) is 39.2 Å². The van der Waals surface area contributed by atoms with Gasteiger partial charge in [-0.1, -0.05) is 6.07 Å². The van der Waals surface area contributed by atoms with Crippen molar-refractivity contribution in [2.75, 3.05) is 19.0 Å². The molecule has 26 heavy (non-hydrogen) atoms. The number of hydrogen-bond donors (Lipinski definition) is 2. The van der Waals surface area contributed by atoms with Crippen molar-refractivity contribution in [2.24, 2.45) is 0 Å². The maximum atomic E-state index is 11.8. The monoisotopic (exact) mass is 415 g/mol. The largest absolute Gasteiger partial charge is 0.481 e. The van der Waals surface area contributed by atoms with E-state index < -0.39 is 12.1 Å². The van der Waals surface area contributed by atoms with Crippen LogP contribution in [0.15, 0.2) is 41.0 Å². The van der Waals surface area contributed by atoms with Gasteiger partial charge in [-0.3, -0.25) is 4.98 Å². The molecule has 132 valence electrons. The lowest BCUT2D eigenvalue weighted by Gasteiger charge is -2.17. The van der Waals surface area contributed by atoms with Crippen LogP contribution in [0.3, 0.4) is 0 Å². The third-order valence-electron chi connectivity index (χ3n) is 4.18. The summed E-state index contributed by atoms with van der Waals surface area (Å²) >= 11 is 3.49. The molecule has 0 spiro atoms. The number of benzene rings is 1. The highest BCUT2D eigenvalue weighted by Gasteiger charge is 2.28. The maximum Gasteiger partial charge on any atom is 0.339 e. The number of aromatic nitrogens is 2. The van der Waals surface area contributed by atoms with E-state index >= 15 is 0 Å². The molecule has 2 aromatic heterocycles. The quantitative estimate of drug-likeness (QED) is 0.673. The molecule has 1 atom stereocenters. The van der Waals surface area contributed by atoms with Crippen LogP contribution in [0, 0.1) is 0 Å². The number of nitrogens with zero attached hydrogens (tertiary/aromatic N) is 2. The Bertz CT molecular complexity index is 1010. The van der Waals surface area contributed by atoms with Gasteiger partial charge >= 0.3 is 5.97 Å². The van der Waals surface area contributed by atoms with Crippen molar-refractivity contribution in [3.8, 4) is 11.6 Å². The van der Waals surface area contributed by atoms with E-state index in [2.05, 4.69) is 31.2 Å². The van der Waals surface area contributed by atoms with E-state index in [1.165, 1.54) is 13.2 Å². The summed E-state index contributed by atoms with van der Waals surface area (Å²) in [5.74, 6) is -0.395. The Morgan fingerprint density at radius 2 is 2.23 bits per heavy atom. The molecule has 1 aliphatic rings. The second kappa shape index (κ2) is 6.45. The molecule has 3 heterocycles. The minimum Gasteiger partial charge on any atom is -0.481 e. The van der Waals surface area contributed by atoms with Gasteiger partial charge in [-0.15, -0.1) is 0 Å². The fourth-order valence-electron chi connectivity index (χ4n) is 2.98. The molecule has 3 aromatic rings. The molecule has 7 nitrogen and oxygen atoms in total. The van der Waals surface area contributed by atoms with Gasteiger partial charge in [0.15, 0.2) is 6.10 Å². The van der Waals surface area contributed by atoms with Crippen molar-refractivity contribution in [1.29, 1.82) is 0 Å². The number of anilines is 1. The smallest absolute Gasteiger partial charge is 0.339 e. The van der Waals surface area contributed by atoms with E-state index in [9.17, 15) is 9.90 Å². The van der Waals surface area contributed by atoms with Crippen LogP contribution in [0.1, 0.15) is 22.2 Å². The third-order valence-corrected chi connectivity index (χ3v) is 4.92. The van der Waals surface area contributed by atoms with Gasteiger partial charge in [-0.2, -0.15) is 0 Å². The summed E-state index contributed by atoms with van der Waals surface area (Å²) in [6.45, 7) is 0.408. The van der Waals surface area contributed by atoms with Crippen molar-refractivity contribution in [3.63, 3.8) is 0 Å². The molecule has 0 saturated carbocycles. The van der Waals surface area contributed by atoms with E-state index in [1.54, 1.807) is 12.3 Å². The number of nitrogens with one attached hydrogen (secondary N) is 1. The number of pyridine rings is 2. The molecule has 0 amide bonds. The highest BCUT2D eigenvalue weighted by molar-refractivity contribution is 9.10. The number of halogens is 1. The first-order valence-corrected chi connectivity index (χ1v) is 8.64. The van der Waals surface area contributed by atoms with Crippen LogP contribution < -0.4 is 14.8 Å². The zero-order chi connectivity index (χ0) is 18.3. The Morgan fingerprint density at radius 3 is 2.92 bits per heavy atom. The minimum absolute atomic E-state index is 0.0715. The van der Waals surface area contributed by atoms with Gasteiger partial charge < -0.3 is 19.9 Å². The number of hydrogen-bond acceptors (Lipinski definition) is 6. The number of methoxy groups -OCH3 is 1. The van der Waals surface area contributed by atoms with E-state index in [4.69, 9.17) is 9.47 Å². The molecule has 1 aromatic carbocycles. The van der Waals surface area contributed by atoms with Gasteiger partial charge in [0.25, 0.3) is 0 Å². The van der Waals surface area contributed by atoms with Gasteiger partial charge in [0.2, 0.25) is 5.88 Å². The molecule has 0 radical (unpaired) electrons. The standard InChI is InChI=1S/C18H14BrN3O4/c1-25-17-14(19)15-13-11(22-17)6-5-9(18(23)24)16(13)26-12(8-21-15)10-4-2-3-7-20-10/h2-7,12,21H,8H2,1H3,(H,23,24). The molecule has 0 fully saturated rings. The molecule has 0 saturated heterocycles. The van der Waals surface area contributed by atoms with Crippen molar-refractivity contribution in [1.82, 2.24) is 9.97 Å². The van der Waals surface area contributed by atoms with Gasteiger partial charge in [0.05, 0.1) is 35.9 Å². The molecular formula is C18H14BrN3O4. The summed E-state index contributed by atoms with van der Waals surface area (Å²) in [4.78, 5) is 20.5. The number of ether oxygens (including phenoxy) is 2. The van der Waals surface area contributed by atoms with Crippen LogP contribution in [-0.4, -0.2) is 34.7 Å². The summed E-state index contributed by atoms with van der Waals surface area (Å²) in [5.41, 5.74) is 2.04. The fraction of sp³-hybridized carbons (Fsp3) is 0.167. The average molecular weight is 416 g/mol. The van der Waals surface area contributed by atoms with Gasteiger partial charge in [-0.05, 0) is 40.2 Å². The lowest BCUT2D eigenvalue weighted by molar-refractivity contribution is 0.0690. The Kier molecular flexibility index (Phi) is 4.12. The second-order valence-corrected chi connectivity index (χ2v) is 6.49. The normalized spacial score (nSPS) is 15.7. The zero-order valence-electron chi connectivity index (χ0n) is 13.7. The number of aromatic carboxylic acids is 1. The average Bonchev–Trinajstić information content (AvgIpc) is 2.86. The topological polar surface area (TPSA) is 93.6 Å². The number of carboxylic acids is 1. The van der Waals surface area contributed by atoms with Gasteiger partial charge in [0, 0.05) is 6.20 Å². The number of carbonyl (C=O) groups is 1. The van der Waals surface area contributed by atoms with Crippen LogP contribution in [0.5, 0.6) is 11.6 Å². The second-order valence-electron chi connectivity index (χ2n) is 5.69. The molecule has 2 N–H and O–H groups in total. The summed E-state index contributed by atoms with van der Waals surface area (Å²) in [6.07, 6.45) is 1.22. The minimum atomic E-state index is -1.07. The van der Waals surface area contributed by atoms with E-state index in [0.717, 1.165) is 0 Å². The summed E-state index contributed by atoms with van der Waals surface area (Å²) in [6, 6.07) is 8.66. The highest BCUT2D eigenvalue weighted by Crippen LogP contribution is 2.45. The Morgan fingerprint density at radius 1 is 1.38 bits per heavy atom. The third kappa shape index (κ3) is 2.62. The molecule has 4 rings (SSSR count). The zero-order valence-corrected chi connectivity index (χ0v) is 15.3. The Labute approximate surface area is 157 Å². The first kappa shape index (κ1) is 16.6. The first-order chi connectivity index (χ1) is 12.6. The van der Waals surface area contributed by atoms with Crippen molar-refractivity contribution >= 4 is 38.5 Å². The maximum absolute atomic E-state index is 11.8. The Hall–Kier alpha value is -2.87. The molecule has 1 aliphatic heterocycles. The highest BCUT2D eigenvalue weighted by atomic mass is 79.9. The van der Waals surface area contributed by atoms with E-state index in [1.807, 2.05) is 18.2 Å². The van der Waals surface area contributed by atoms with Gasteiger partial charge in [-0.25, -0.2) is 9.78 Å². The van der Waals surface area contributed by atoms with Crippen molar-refractivity contribution < 1.29 is 19.4 Å². The van der Waals surface area contributed by atoms with Gasteiger partial charge in [0.1, 0.15) is 15.8 Å². The van der Waals surface area contributed by atoms with Crippen LogP contribution >= 0.6 is 15.9 Å². The SMILES string of the molecule is COc1nc2ccc(C(=O)O)c3c2c(c1Br)NCC(c1ccccn1)O3.